The Labute approximate surface area is 199 Å². The molecule has 0 amide bonds. The second kappa shape index (κ2) is 15.2. The smallest absolute Gasteiger partial charge is 0.241 e. The van der Waals surface area contributed by atoms with E-state index in [1.165, 1.54) is 59.9 Å². The van der Waals surface area contributed by atoms with Gasteiger partial charge in [-0.1, -0.05) is 51.9 Å². The van der Waals surface area contributed by atoms with Crippen molar-refractivity contribution in [3.63, 3.8) is 0 Å². The molecular formula is C23H39NO6S2. The minimum Gasteiger partial charge on any atom is -0.496 e. The molecule has 1 rings (SSSR count). The molecule has 0 bridgehead atoms. The van der Waals surface area contributed by atoms with Crippen LogP contribution in [0.5, 0.6) is 17.2 Å². The van der Waals surface area contributed by atoms with Gasteiger partial charge in [0.05, 0.1) is 27.4 Å². The molecule has 1 aromatic carbocycles. The number of sulfonamides is 1. The van der Waals surface area contributed by atoms with Crippen molar-refractivity contribution < 1.29 is 27.4 Å². The first-order valence-corrected chi connectivity index (χ1v) is 13.3. The van der Waals surface area contributed by atoms with Gasteiger partial charge in [-0.25, -0.2) is 8.42 Å². The Balaban J connectivity index is 2.52. The van der Waals surface area contributed by atoms with E-state index in [0.717, 1.165) is 19.3 Å². The molecule has 1 atom stereocenters. The maximum atomic E-state index is 12.7. The summed E-state index contributed by atoms with van der Waals surface area (Å²) in [6.45, 7) is 4.14. The lowest BCUT2D eigenvalue weighted by atomic mass is 10.1. The molecule has 0 spiro atoms. The Hall–Kier alpha value is -1.74. The molecule has 0 saturated carbocycles. The first kappa shape index (κ1) is 28.3. The molecule has 184 valence electrons. The quantitative estimate of drug-likeness (QED) is 0.221. The highest BCUT2D eigenvalue weighted by Gasteiger charge is 2.22. The fourth-order valence-electron chi connectivity index (χ4n) is 3.34. The highest BCUT2D eigenvalue weighted by atomic mass is 32.2. The lowest BCUT2D eigenvalue weighted by Gasteiger charge is -2.18. The maximum absolute atomic E-state index is 12.7. The number of hydrogen-bond acceptors (Lipinski definition) is 7. The Bertz CT molecular complexity index is 773. The number of benzene rings is 1. The highest BCUT2D eigenvalue weighted by Crippen LogP contribution is 2.39. The van der Waals surface area contributed by atoms with Crippen molar-refractivity contribution in [2.75, 3.05) is 31.8 Å². The number of nitrogens with one attached hydrogen (secondary N) is 1. The third-order valence-electron chi connectivity index (χ3n) is 5.08. The molecule has 0 aliphatic rings. The molecule has 0 fully saturated rings. The molecule has 0 aliphatic heterocycles. The van der Waals surface area contributed by atoms with Crippen LogP contribution in [0.1, 0.15) is 71.6 Å². The van der Waals surface area contributed by atoms with Gasteiger partial charge in [0.1, 0.15) is 28.7 Å². The molecule has 0 heterocycles. The fourth-order valence-corrected chi connectivity index (χ4v) is 4.93. The van der Waals surface area contributed by atoms with E-state index in [4.69, 9.17) is 31.2 Å². The molecule has 32 heavy (non-hydrogen) atoms. The third kappa shape index (κ3) is 10.7. The van der Waals surface area contributed by atoms with E-state index in [2.05, 4.69) is 11.6 Å². The van der Waals surface area contributed by atoms with Gasteiger partial charge in [0.15, 0.2) is 5.05 Å². The minimum absolute atomic E-state index is 0.0380. The predicted octanol–water partition coefficient (Wildman–Crippen LogP) is 5.72. The van der Waals surface area contributed by atoms with Crippen LogP contribution < -0.4 is 18.9 Å². The summed E-state index contributed by atoms with van der Waals surface area (Å²) in [5.41, 5.74) is 0.186. The second-order valence-electron chi connectivity index (χ2n) is 7.83. The van der Waals surface area contributed by atoms with Gasteiger partial charge in [0, 0.05) is 12.1 Å². The molecule has 9 heteroatoms. The van der Waals surface area contributed by atoms with Crippen molar-refractivity contribution in [2.45, 2.75) is 77.7 Å². The fraction of sp³-hybridized carbons (Fsp3) is 0.696. The number of ether oxygens (including phenoxy) is 4. The van der Waals surface area contributed by atoms with Crippen LogP contribution in [0.3, 0.4) is 0 Å². The van der Waals surface area contributed by atoms with Crippen LogP contribution in [0, 0.1) is 0 Å². The van der Waals surface area contributed by atoms with Crippen molar-refractivity contribution in [3.8, 4) is 17.2 Å². The van der Waals surface area contributed by atoms with Gasteiger partial charge < -0.3 is 18.9 Å². The van der Waals surface area contributed by atoms with E-state index in [1.807, 2.05) is 6.92 Å². The summed E-state index contributed by atoms with van der Waals surface area (Å²) in [6.07, 6.45) is 10.6. The van der Waals surface area contributed by atoms with Crippen LogP contribution in [-0.4, -0.2) is 46.7 Å². The molecule has 0 aliphatic carbocycles. The third-order valence-corrected chi connectivity index (χ3v) is 6.66. The van der Waals surface area contributed by atoms with E-state index < -0.39 is 15.8 Å². The number of methoxy groups -OCH3 is 3. The number of anilines is 1. The molecule has 0 saturated heterocycles. The van der Waals surface area contributed by atoms with Gasteiger partial charge in [-0.2, -0.15) is 0 Å². The Kier molecular flexibility index (Phi) is 13.4. The summed E-state index contributed by atoms with van der Waals surface area (Å²) in [6, 6.07) is 3.14. The monoisotopic (exact) mass is 489 g/mol. The van der Waals surface area contributed by atoms with Crippen molar-refractivity contribution in [1.29, 1.82) is 0 Å². The van der Waals surface area contributed by atoms with E-state index in [1.54, 1.807) is 12.1 Å². The van der Waals surface area contributed by atoms with Gasteiger partial charge in [0.2, 0.25) is 10.0 Å². The molecular weight excluding hydrogens is 450 g/mol. The largest absolute Gasteiger partial charge is 0.496 e. The molecule has 1 unspecified atom stereocenters. The zero-order chi connectivity index (χ0) is 24.0. The number of hydrogen-bond donors (Lipinski definition) is 1. The SMILES string of the molecule is CCCCCCCCCCC(C)OC(=S)CS(=O)(=O)Nc1c(OC)cc(OC)cc1OC. The number of thiocarbonyl (C=S) groups is 1. The molecule has 0 aromatic heterocycles. The molecule has 0 radical (unpaired) electrons. The normalized spacial score (nSPS) is 12.2. The van der Waals surface area contributed by atoms with Gasteiger partial charge in [0.25, 0.3) is 0 Å². The Morgan fingerprint density at radius 1 is 0.938 bits per heavy atom. The van der Waals surface area contributed by atoms with Crippen LogP contribution in [0.2, 0.25) is 0 Å². The van der Waals surface area contributed by atoms with Crippen molar-refractivity contribution in [1.82, 2.24) is 0 Å². The Morgan fingerprint density at radius 3 is 1.97 bits per heavy atom. The van der Waals surface area contributed by atoms with Crippen molar-refractivity contribution in [3.05, 3.63) is 12.1 Å². The van der Waals surface area contributed by atoms with Crippen molar-refractivity contribution >= 4 is 33.0 Å². The summed E-state index contributed by atoms with van der Waals surface area (Å²) in [5.74, 6) is 0.609. The van der Waals surface area contributed by atoms with E-state index in [9.17, 15) is 8.42 Å². The van der Waals surface area contributed by atoms with Crippen LogP contribution >= 0.6 is 12.2 Å². The lowest BCUT2D eigenvalue weighted by molar-refractivity contribution is 0.197. The van der Waals surface area contributed by atoms with Gasteiger partial charge in [-0.15, -0.1) is 0 Å². The van der Waals surface area contributed by atoms with Gasteiger partial charge in [-0.05, 0) is 32.0 Å². The zero-order valence-corrected chi connectivity index (χ0v) is 21.7. The number of rotatable bonds is 17. The standard InChI is InChI=1S/C23H39NO6S2/c1-6-7-8-9-10-11-12-13-14-18(2)30-22(31)17-32(25,26)24-23-20(28-4)15-19(27-3)16-21(23)29-5/h15-16,18,24H,6-14,17H2,1-5H3. The minimum atomic E-state index is -3.82. The average Bonchev–Trinajstić information content (AvgIpc) is 2.74. The summed E-state index contributed by atoms with van der Waals surface area (Å²) < 4.78 is 49.2. The summed E-state index contributed by atoms with van der Waals surface area (Å²) in [5, 5.41) is 0.0380. The van der Waals surface area contributed by atoms with Crippen LogP contribution in [0.25, 0.3) is 0 Å². The number of unbranched alkanes of at least 4 members (excludes halogenated alkanes) is 7. The van der Waals surface area contributed by atoms with Crippen molar-refractivity contribution in [2.24, 2.45) is 0 Å². The first-order chi connectivity index (χ1) is 15.3. The summed E-state index contributed by atoms with van der Waals surface area (Å²) in [7, 11) is 0.555. The second-order valence-corrected chi connectivity index (χ2v) is 10.0. The van der Waals surface area contributed by atoms with E-state index in [-0.39, 0.29) is 28.3 Å². The first-order valence-electron chi connectivity index (χ1n) is 11.3. The maximum Gasteiger partial charge on any atom is 0.241 e. The molecule has 1 aromatic rings. The van der Waals surface area contributed by atoms with Crippen LogP contribution in [-0.2, 0) is 14.8 Å². The van der Waals surface area contributed by atoms with E-state index >= 15 is 0 Å². The molecule has 1 N–H and O–H groups in total. The average molecular weight is 490 g/mol. The van der Waals surface area contributed by atoms with Crippen LogP contribution in [0.15, 0.2) is 12.1 Å². The van der Waals surface area contributed by atoms with E-state index in [0.29, 0.717) is 5.75 Å². The summed E-state index contributed by atoms with van der Waals surface area (Å²) in [4.78, 5) is 0. The van der Waals surface area contributed by atoms with Crippen LogP contribution in [0.4, 0.5) is 5.69 Å². The van der Waals surface area contributed by atoms with Gasteiger partial charge in [-0.3, -0.25) is 4.72 Å². The topological polar surface area (TPSA) is 83.1 Å². The molecule has 7 nitrogen and oxygen atoms in total. The lowest BCUT2D eigenvalue weighted by Crippen LogP contribution is -2.26. The van der Waals surface area contributed by atoms with Gasteiger partial charge >= 0.3 is 0 Å². The summed E-state index contributed by atoms with van der Waals surface area (Å²) >= 11 is 5.19. The predicted molar refractivity (Wildman–Crippen MR) is 134 cm³/mol. The highest BCUT2D eigenvalue weighted by molar-refractivity contribution is 7.95. The Morgan fingerprint density at radius 2 is 1.47 bits per heavy atom. The zero-order valence-electron chi connectivity index (χ0n) is 20.1.